The van der Waals surface area contributed by atoms with Crippen molar-refractivity contribution in [2.24, 2.45) is 0 Å². The van der Waals surface area contributed by atoms with Crippen molar-refractivity contribution in [1.29, 1.82) is 5.26 Å². The Balaban J connectivity index is 0.000000580. The Morgan fingerprint density at radius 1 is 1.11 bits per heavy atom. The molecule has 0 radical (unpaired) electrons. The topological polar surface area (TPSA) is 36.3 Å². The Kier molecular flexibility index (Phi) is 10.8. The molecule has 0 amide bonds. The SMILES string of the molecule is CC.CCC#N.CCC1=C2CO[C@H](c3cccc(SC)c3C3CC3)c3cc(Cl)ccc3N2C(C)=C(C)C1. The van der Waals surface area contributed by atoms with Gasteiger partial charge in [-0.1, -0.05) is 51.4 Å². The van der Waals surface area contributed by atoms with Crippen LogP contribution in [0.15, 0.2) is 63.8 Å². The first-order valence-electron chi connectivity index (χ1n) is 13.6. The smallest absolute Gasteiger partial charge is 0.110 e. The Morgan fingerprint density at radius 3 is 2.41 bits per heavy atom. The molecule has 1 aliphatic carbocycles. The zero-order chi connectivity index (χ0) is 27.1. The highest BCUT2D eigenvalue weighted by molar-refractivity contribution is 7.98. The summed E-state index contributed by atoms with van der Waals surface area (Å²) in [5.74, 6) is 0.657. The van der Waals surface area contributed by atoms with Gasteiger partial charge in [0.25, 0.3) is 0 Å². The molecule has 2 aliphatic heterocycles. The van der Waals surface area contributed by atoms with Gasteiger partial charge < -0.3 is 9.64 Å². The molecule has 198 valence electrons. The summed E-state index contributed by atoms with van der Waals surface area (Å²) >= 11 is 8.40. The molecule has 1 saturated carbocycles. The molecule has 0 saturated heterocycles. The maximum absolute atomic E-state index is 7.62. The third-order valence-corrected chi connectivity index (χ3v) is 8.21. The van der Waals surface area contributed by atoms with Crippen molar-refractivity contribution in [1.82, 2.24) is 0 Å². The number of allylic oxidation sites excluding steroid dienone is 3. The predicted molar refractivity (Wildman–Crippen MR) is 159 cm³/mol. The lowest BCUT2D eigenvalue weighted by molar-refractivity contribution is 0.100. The van der Waals surface area contributed by atoms with E-state index in [1.54, 1.807) is 0 Å². The van der Waals surface area contributed by atoms with Crippen LogP contribution in [0.1, 0.15) is 102 Å². The third kappa shape index (κ3) is 6.28. The van der Waals surface area contributed by atoms with E-state index >= 15 is 0 Å². The number of thioether (sulfide) groups is 1. The highest BCUT2D eigenvalue weighted by atomic mass is 35.5. The van der Waals surface area contributed by atoms with Crippen molar-refractivity contribution in [3.63, 3.8) is 0 Å². The van der Waals surface area contributed by atoms with E-state index in [4.69, 9.17) is 21.6 Å². The minimum Gasteiger partial charge on any atom is -0.362 e. The van der Waals surface area contributed by atoms with Crippen LogP contribution in [0.4, 0.5) is 5.69 Å². The number of ether oxygens (including phenoxy) is 1. The second-order valence-electron chi connectivity index (χ2n) is 9.43. The molecule has 5 rings (SSSR count). The zero-order valence-electron chi connectivity index (χ0n) is 23.5. The van der Waals surface area contributed by atoms with Crippen LogP contribution in [0, 0.1) is 11.3 Å². The van der Waals surface area contributed by atoms with Gasteiger partial charge in [-0.2, -0.15) is 5.26 Å². The second kappa shape index (κ2) is 13.6. The summed E-state index contributed by atoms with van der Waals surface area (Å²) in [6, 6.07) is 15.0. The van der Waals surface area contributed by atoms with Gasteiger partial charge in [0, 0.05) is 33.3 Å². The summed E-state index contributed by atoms with van der Waals surface area (Å²) in [6.45, 7) is 13.2. The van der Waals surface area contributed by atoms with E-state index in [9.17, 15) is 0 Å². The van der Waals surface area contributed by atoms with Crippen LogP contribution >= 0.6 is 23.4 Å². The van der Waals surface area contributed by atoms with E-state index < -0.39 is 0 Å². The number of fused-ring (bicyclic) bond motifs is 3. The summed E-state index contributed by atoms with van der Waals surface area (Å²) < 4.78 is 6.78. The Morgan fingerprint density at radius 2 is 1.81 bits per heavy atom. The molecule has 0 unspecified atom stereocenters. The van der Waals surface area contributed by atoms with Gasteiger partial charge in [0.05, 0.1) is 18.4 Å². The van der Waals surface area contributed by atoms with Crippen LogP contribution in [0.5, 0.6) is 0 Å². The number of rotatable bonds is 4. The van der Waals surface area contributed by atoms with Crippen molar-refractivity contribution in [3.8, 4) is 6.07 Å². The standard InChI is InChI=1S/C27H30ClNOS.C3H5N.C2H6/c1-5-18-13-16(2)17(3)29-23-12-11-20(28)14-22(23)27(30-15-24(18)29)21-7-6-8-25(31-4)26(21)19-9-10-19;1-2-3-4;1-2/h6-8,11-12,14,19,27H,5,9-10,13,15H2,1-4H3;2H2,1H3;1-2H3/t27-;;/m1../s1. The van der Waals surface area contributed by atoms with Crippen LogP contribution in [-0.2, 0) is 4.74 Å². The molecular weight excluding hydrogens is 496 g/mol. The number of benzene rings is 2. The first-order chi connectivity index (χ1) is 17.9. The minimum atomic E-state index is -0.110. The monoisotopic (exact) mass is 536 g/mol. The lowest BCUT2D eigenvalue weighted by atomic mass is 9.92. The highest BCUT2D eigenvalue weighted by Crippen LogP contribution is 2.51. The molecule has 5 heteroatoms. The van der Waals surface area contributed by atoms with E-state index in [1.165, 1.54) is 62.7 Å². The molecule has 2 aromatic carbocycles. The Hall–Kier alpha value is -2.19. The molecule has 0 N–H and O–H groups in total. The number of anilines is 1. The number of nitrogens with zero attached hydrogens (tertiary/aromatic N) is 2. The lowest BCUT2D eigenvalue weighted by Crippen LogP contribution is -2.28. The fraction of sp³-hybridized carbons (Fsp3) is 0.469. The molecule has 0 spiro atoms. The second-order valence-corrected chi connectivity index (χ2v) is 10.7. The first kappa shape index (κ1) is 29.4. The van der Waals surface area contributed by atoms with Gasteiger partial charge in [0.2, 0.25) is 0 Å². The maximum atomic E-state index is 7.62. The molecule has 1 atom stereocenters. The van der Waals surface area contributed by atoms with Crippen LogP contribution in [-0.4, -0.2) is 12.9 Å². The summed E-state index contributed by atoms with van der Waals surface area (Å²) in [6.07, 6.45) is 7.33. The van der Waals surface area contributed by atoms with E-state index in [0.29, 0.717) is 18.9 Å². The minimum absolute atomic E-state index is 0.110. The van der Waals surface area contributed by atoms with Crippen molar-refractivity contribution >= 4 is 29.1 Å². The van der Waals surface area contributed by atoms with Gasteiger partial charge in [-0.25, -0.2) is 0 Å². The summed E-state index contributed by atoms with van der Waals surface area (Å²) in [7, 11) is 0. The molecule has 2 aromatic rings. The van der Waals surface area contributed by atoms with Gasteiger partial charge in [-0.15, -0.1) is 11.8 Å². The van der Waals surface area contributed by atoms with Crippen LogP contribution < -0.4 is 4.90 Å². The van der Waals surface area contributed by atoms with Crippen molar-refractivity contribution < 1.29 is 4.74 Å². The largest absolute Gasteiger partial charge is 0.362 e. The molecule has 0 bridgehead atoms. The number of halogens is 1. The van der Waals surface area contributed by atoms with Crippen LogP contribution in [0.3, 0.4) is 0 Å². The van der Waals surface area contributed by atoms with Gasteiger partial charge in [-0.05, 0) is 98.2 Å². The van der Waals surface area contributed by atoms with E-state index in [0.717, 1.165) is 17.9 Å². The molecule has 3 aliphatic rings. The Labute approximate surface area is 233 Å². The average Bonchev–Trinajstić information content (AvgIpc) is 3.78. The highest BCUT2D eigenvalue weighted by Gasteiger charge is 2.36. The average molecular weight is 537 g/mol. The Bertz CT molecular complexity index is 1210. The summed E-state index contributed by atoms with van der Waals surface area (Å²) in [4.78, 5) is 3.83. The lowest BCUT2D eigenvalue weighted by Gasteiger charge is -2.35. The molecule has 0 aromatic heterocycles. The van der Waals surface area contributed by atoms with Gasteiger partial charge in [-0.3, -0.25) is 0 Å². The first-order valence-corrected chi connectivity index (χ1v) is 15.2. The van der Waals surface area contributed by atoms with E-state index in [1.807, 2.05) is 44.7 Å². The quantitative estimate of drug-likeness (QED) is 0.364. The fourth-order valence-corrected chi connectivity index (χ4v) is 6.05. The van der Waals surface area contributed by atoms with E-state index in [2.05, 4.69) is 62.3 Å². The number of hydrogen-bond acceptors (Lipinski definition) is 4. The zero-order valence-corrected chi connectivity index (χ0v) is 25.0. The molecule has 37 heavy (non-hydrogen) atoms. The van der Waals surface area contributed by atoms with Gasteiger partial charge in [0.1, 0.15) is 6.10 Å². The van der Waals surface area contributed by atoms with Crippen molar-refractivity contribution in [2.45, 2.75) is 90.6 Å². The number of hydrogen-bond donors (Lipinski definition) is 0. The fourth-order valence-electron chi connectivity index (χ4n) is 5.15. The summed E-state index contributed by atoms with van der Waals surface area (Å²) in [5, 5.41) is 8.39. The van der Waals surface area contributed by atoms with Crippen LogP contribution in [0.25, 0.3) is 0 Å². The molecule has 2 heterocycles. The summed E-state index contributed by atoms with van der Waals surface area (Å²) in [5.41, 5.74) is 10.7. The normalized spacial score (nSPS) is 18.5. The van der Waals surface area contributed by atoms with E-state index in [-0.39, 0.29) is 6.10 Å². The molecule has 1 fully saturated rings. The predicted octanol–water partition coefficient (Wildman–Crippen LogP) is 10.2. The number of nitriles is 1. The van der Waals surface area contributed by atoms with Crippen molar-refractivity contribution in [3.05, 3.63) is 80.7 Å². The van der Waals surface area contributed by atoms with Crippen molar-refractivity contribution in [2.75, 3.05) is 17.8 Å². The van der Waals surface area contributed by atoms with Crippen LogP contribution in [0.2, 0.25) is 5.02 Å². The molecule has 3 nitrogen and oxygen atoms in total. The van der Waals surface area contributed by atoms with Gasteiger partial charge >= 0.3 is 0 Å². The van der Waals surface area contributed by atoms with Gasteiger partial charge in [0.15, 0.2) is 0 Å². The maximum Gasteiger partial charge on any atom is 0.110 e. The third-order valence-electron chi connectivity index (χ3n) is 7.18. The molecular formula is C32H41ClN2OS.